The number of ether oxygens (including phenoxy) is 1. The first kappa shape index (κ1) is 23.7. The Morgan fingerprint density at radius 3 is 2.53 bits per heavy atom. The fourth-order valence-electron chi connectivity index (χ4n) is 2.59. The number of phosphoric ester groups is 1. The largest absolute Gasteiger partial charge is 0.490 e. The zero-order valence-corrected chi connectivity index (χ0v) is 18.0. The number of phosphoric acid groups is 3. The number of hydrogen-bond acceptors (Lipinski definition) is 11. The first-order chi connectivity index (χ1) is 13.8. The fraction of sp³-hybridized carbons (Fsp3) is 0.500. The quantitative estimate of drug-likeness (QED) is 0.242. The summed E-state index contributed by atoms with van der Waals surface area (Å²) < 4.78 is 52.7. The first-order valence-electron chi connectivity index (χ1n) is 7.77. The molecular weight excluding hydrogens is 495 g/mol. The lowest BCUT2D eigenvalue weighted by molar-refractivity contribution is -0.0197. The predicted molar refractivity (Wildman–Crippen MR) is 97.7 cm³/mol. The lowest BCUT2D eigenvalue weighted by Gasteiger charge is -2.18. The van der Waals surface area contributed by atoms with E-state index in [1.807, 2.05) is 0 Å². The van der Waals surface area contributed by atoms with Gasteiger partial charge in [0.05, 0.1) is 24.4 Å². The summed E-state index contributed by atoms with van der Waals surface area (Å²) in [6.45, 7) is -0.618. The molecule has 0 aromatic carbocycles. The standard InChI is InChI=1S/C10H15ClN5O11P3/c11-6-1-5(2-24-29(20,21)27-30(22,23)26-28(17,18)19)25-10(6)16-4-15-7-8(12)13-3-14-9(7)16/h3-6,10H,1-2H2,(H,20,21)(H,22,23)(H2,12,13,14)(H2,17,18,19). The molecule has 1 aliphatic rings. The van der Waals surface area contributed by atoms with Crippen LogP contribution in [0.1, 0.15) is 12.6 Å². The summed E-state index contributed by atoms with van der Waals surface area (Å²) in [7, 11) is -16.3. The van der Waals surface area contributed by atoms with Crippen molar-refractivity contribution in [1.29, 1.82) is 0 Å². The third-order valence-electron chi connectivity index (χ3n) is 3.63. The second-order valence-electron chi connectivity index (χ2n) is 5.87. The van der Waals surface area contributed by atoms with Gasteiger partial charge in [-0.3, -0.25) is 9.09 Å². The molecular formula is C10H15ClN5O11P3. The number of halogens is 1. The van der Waals surface area contributed by atoms with Gasteiger partial charge in [-0.25, -0.2) is 28.6 Å². The van der Waals surface area contributed by atoms with E-state index in [4.69, 9.17) is 36.8 Å². The van der Waals surface area contributed by atoms with Crippen LogP contribution >= 0.6 is 35.1 Å². The molecule has 1 fully saturated rings. The number of imidazole rings is 1. The van der Waals surface area contributed by atoms with Crippen LogP contribution < -0.4 is 5.73 Å². The minimum Gasteiger partial charge on any atom is -0.382 e. The van der Waals surface area contributed by atoms with Crippen LogP contribution in [0.3, 0.4) is 0 Å². The van der Waals surface area contributed by atoms with Gasteiger partial charge in [0.1, 0.15) is 11.8 Å². The van der Waals surface area contributed by atoms with Crippen LogP contribution in [0.5, 0.6) is 0 Å². The third-order valence-corrected chi connectivity index (χ3v) is 7.83. The molecule has 3 heterocycles. The summed E-state index contributed by atoms with van der Waals surface area (Å²) in [6, 6.07) is 0. The highest BCUT2D eigenvalue weighted by Crippen LogP contribution is 2.66. The van der Waals surface area contributed by atoms with Crippen LogP contribution in [0.15, 0.2) is 12.7 Å². The molecule has 5 unspecified atom stereocenters. The highest BCUT2D eigenvalue weighted by Gasteiger charge is 2.42. The van der Waals surface area contributed by atoms with Crippen molar-refractivity contribution in [3.8, 4) is 0 Å². The van der Waals surface area contributed by atoms with Gasteiger partial charge in [-0.15, -0.1) is 11.6 Å². The zero-order chi connectivity index (χ0) is 22.3. The van der Waals surface area contributed by atoms with E-state index >= 15 is 0 Å². The summed E-state index contributed by atoms with van der Waals surface area (Å²) in [6.07, 6.45) is 1.06. The Labute approximate surface area is 172 Å². The molecule has 20 heteroatoms. The molecule has 0 radical (unpaired) electrons. The lowest BCUT2D eigenvalue weighted by Crippen LogP contribution is -2.17. The van der Waals surface area contributed by atoms with Crippen LogP contribution in [0.25, 0.3) is 11.2 Å². The molecule has 2 aromatic rings. The molecule has 3 rings (SSSR count). The predicted octanol–water partition coefficient (Wildman–Crippen LogP) is 0.647. The van der Waals surface area contributed by atoms with Crippen molar-refractivity contribution in [1.82, 2.24) is 19.5 Å². The van der Waals surface area contributed by atoms with E-state index in [-0.39, 0.29) is 12.2 Å². The van der Waals surface area contributed by atoms with E-state index in [9.17, 15) is 18.6 Å². The lowest BCUT2D eigenvalue weighted by atomic mass is 10.2. The maximum atomic E-state index is 11.8. The SMILES string of the molecule is Nc1ncnc2c1ncn2C1OC(COP(=O)(O)OP(=O)(O)OP(=O)(O)O)CC1Cl. The van der Waals surface area contributed by atoms with Crippen molar-refractivity contribution < 1.29 is 51.2 Å². The molecule has 0 bridgehead atoms. The van der Waals surface area contributed by atoms with E-state index in [0.717, 1.165) is 0 Å². The average Bonchev–Trinajstić information content (AvgIpc) is 3.13. The number of rotatable bonds is 8. The van der Waals surface area contributed by atoms with Crippen LogP contribution in [-0.2, 0) is 31.6 Å². The molecule has 0 aliphatic carbocycles. The number of nitrogens with zero attached hydrogens (tertiary/aromatic N) is 4. The molecule has 0 amide bonds. The van der Waals surface area contributed by atoms with Crippen LogP contribution in [0, 0.1) is 0 Å². The monoisotopic (exact) mass is 509 g/mol. The topological polar surface area (TPSA) is 239 Å². The van der Waals surface area contributed by atoms with Crippen molar-refractivity contribution in [2.24, 2.45) is 0 Å². The molecule has 30 heavy (non-hydrogen) atoms. The maximum absolute atomic E-state index is 11.8. The average molecular weight is 510 g/mol. The van der Waals surface area contributed by atoms with Gasteiger partial charge in [0.25, 0.3) is 0 Å². The zero-order valence-electron chi connectivity index (χ0n) is 14.5. The van der Waals surface area contributed by atoms with Crippen molar-refractivity contribution in [2.45, 2.75) is 24.1 Å². The van der Waals surface area contributed by atoms with Gasteiger partial charge in [-0.2, -0.15) is 8.62 Å². The smallest absolute Gasteiger partial charge is 0.382 e. The second kappa shape index (κ2) is 8.51. The highest BCUT2D eigenvalue weighted by molar-refractivity contribution is 7.66. The number of alkyl halides is 1. The summed E-state index contributed by atoms with van der Waals surface area (Å²) >= 11 is 6.28. The normalized spacial score (nSPS) is 26.5. The van der Waals surface area contributed by atoms with E-state index in [1.54, 1.807) is 0 Å². The Morgan fingerprint density at radius 2 is 1.87 bits per heavy atom. The number of nitrogen functional groups attached to an aromatic ring is 1. The van der Waals surface area contributed by atoms with Crippen molar-refractivity contribution in [3.63, 3.8) is 0 Å². The fourth-order valence-corrected chi connectivity index (χ4v) is 6.02. The summed E-state index contributed by atoms with van der Waals surface area (Å²) in [5.41, 5.74) is 6.38. The molecule has 1 aliphatic heterocycles. The van der Waals surface area contributed by atoms with E-state index < -0.39 is 47.8 Å². The minimum atomic E-state index is -5.60. The molecule has 6 N–H and O–H groups in total. The Bertz CT molecular complexity index is 1080. The summed E-state index contributed by atoms with van der Waals surface area (Å²) in [5, 5.41) is -0.645. The highest BCUT2D eigenvalue weighted by atomic mass is 35.5. The Hall–Kier alpha value is -0.990. The molecule has 168 valence electrons. The Balaban J connectivity index is 1.63. The number of fused-ring (bicyclic) bond motifs is 1. The van der Waals surface area contributed by atoms with Gasteiger partial charge in [-0.1, -0.05) is 0 Å². The van der Waals surface area contributed by atoms with Crippen molar-refractivity contribution in [3.05, 3.63) is 12.7 Å². The molecule has 0 spiro atoms. The van der Waals surface area contributed by atoms with E-state index in [2.05, 4.69) is 28.1 Å². The molecule has 5 atom stereocenters. The number of aromatic nitrogens is 4. The van der Waals surface area contributed by atoms with Gasteiger partial charge >= 0.3 is 23.5 Å². The maximum Gasteiger partial charge on any atom is 0.490 e. The second-order valence-corrected chi connectivity index (χ2v) is 10.9. The van der Waals surface area contributed by atoms with Gasteiger partial charge in [0, 0.05) is 0 Å². The minimum absolute atomic E-state index is 0.127. The van der Waals surface area contributed by atoms with Crippen LogP contribution in [0.4, 0.5) is 5.82 Å². The first-order valence-corrected chi connectivity index (χ1v) is 12.7. The third kappa shape index (κ3) is 5.82. The molecule has 2 aromatic heterocycles. The number of hydrogen-bond donors (Lipinski definition) is 5. The number of nitrogens with two attached hydrogens (primary N) is 1. The Kier molecular flexibility index (Phi) is 6.71. The van der Waals surface area contributed by atoms with Gasteiger partial charge in [0.2, 0.25) is 0 Å². The Morgan fingerprint density at radius 1 is 1.17 bits per heavy atom. The summed E-state index contributed by atoms with van der Waals surface area (Å²) in [5.74, 6) is 0.145. The van der Waals surface area contributed by atoms with Crippen LogP contribution in [-0.4, -0.2) is 57.2 Å². The number of anilines is 1. The van der Waals surface area contributed by atoms with Gasteiger partial charge in [0.15, 0.2) is 17.7 Å². The van der Waals surface area contributed by atoms with Crippen molar-refractivity contribution >= 4 is 52.1 Å². The molecule has 1 saturated heterocycles. The van der Waals surface area contributed by atoms with Crippen molar-refractivity contribution in [2.75, 3.05) is 12.3 Å². The van der Waals surface area contributed by atoms with Crippen LogP contribution in [0.2, 0.25) is 0 Å². The van der Waals surface area contributed by atoms with Gasteiger partial charge in [-0.05, 0) is 6.42 Å². The van der Waals surface area contributed by atoms with E-state index in [1.165, 1.54) is 17.2 Å². The summed E-state index contributed by atoms with van der Waals surface area (Å²) in [4.78, 5) is 47.6. The van der Waals surface area contributed by atoms with Gasteiger partial charge < -0.3 is 30.0 Å². The molecule has 16 nitrogen and oxygen atoms in total. The molecule has 0 saturated carbocycles. The van der Waals surface area contributed by atoms with E-state index in [0.29, 0.717) is 11.2 Å².